The highest BCUT2D eigenvalue weighted by atomic mass is 19.1. The fourth-order valence-corrected chi connectivity index (χ4v) is 1.40. The molecule has 98 valence electrons. The van der Waals surface area contributed by atoms with Gasteiger partial charge in [-0.1, -0.05) is 11.8 Å². The minimum atomic E-state index is -0.380. The number of hydrogen-bond donors (Lipinski definition) is 1. The molecule has 0 fully saturated rings. The molecule has 0 aliphatic rings. The number of hydrogen-bond acceptors (Lipinski definition) is 3. The van der Waals surface area contributed by atoms with Gasteiger partial charge in [0.2, 0.25) is 0 Å². The second kappa shape index (κ2) is 7.70. The summed E-state index contributed by atoms with van der Waals surface area (Å²) in [6.07, 6.45) is 0.686. The van der Waals surface area contributed by atoms with Crippen LogP contribution in [0.3, 0.4) is 0 Å². The first kappa shape index (κ1) is 14.5. The predicted molar refractivity (Wildman–Crippen MR) is 66.9 cm³/mol. The lowest BCUT2D eigenvalue weighted by molar-refractivity contribution is 0.135. The molecule has 3 nitrogen and oxygen atoms in total. The van der Waals surface area contributed by atoms with Gasteiger partial charge in [0, 0.05) is 20.1 Å². The maximum Gasteiger partial charge on any atom is 0.135 e. The topological polar surface area (TPSA) is 38.7 Å². The molecular weight excluding hydrogens is 235 g/mol. The summed E-state index contributed by atoms with van der Waals surface area (Å²) < 4.78 is 23.7. The van der Waals surface area contributed by atoms with Crippen molar-refractivity contribution in [3.63, 3.8) is 0 Å². The Morgan fingerprint density at radius 3 is 2.89 bits per heavy atom. The summed E-state index contributed by atoms with van der Waals surface area (Å²) in [5.74, 6) is 5.29. The molecule has 0 radical (unpaired) electrons. The van der Waals surface area contributed by atoms with Gasteiger partial charge in [0.15, 0.2) is 0 Å². The van der Waals surface area contributed by atoms with Crippen LogP contribution in [0.25, 0.3) is 0 Å². The highest BCUT2D eigenvalue weighted by molar-refractivity contribution is 5.46. The largest absolute Gasteiger partial charge is 0.489 e. The number of halogens is 1. The van der Waals surface area contributed by atoms with Crippen LogP contribution in [-0.4, -0.2) is 31.5 Å². The van der Waals surface area contributed by atoms with Crippen molar-refractivity contribution in [3.05, 3.63) is 29.6 Å². The number of aliphatic hydroxyl groups is 1. The first-order valence-corrected chi connectivity index (χ1v) is 5.72. The first-order chi connectivity index (χ1) is 8.67. The summed E-state index contributed by atoms with van der Waals surface area (Å²) in [6.45, 7) is 2.24. The molecule has 1 atom stereocenters. The average molecular weight is 252 g/mol. The number of aliphatic hydroxyl groups excluding tert-OH is 1. The van der Waals surface area contributed by atoms with Crippen molar-refractivity contribution in [2.75, 3.05) is 20.3 Å². The maximum absolute atomic E-state index is 13.1. The van der Waals surface area contributed by atoms with Gasteiger partial charge < -0.3 is 14.6 Å². The standard InChI is InChI=1S/C14H17FO3/c1-11(7-9-17-2)18-14-6-5-13(15)10-12(14)4-3-8-16/h5-6,10-11,16H,7-9H2,1-2H3. The summed E-state index contributed by atoms with van der Waals surface area (Å²) in [5, 5.41) is 8.66. The van der Waals surface area contributed by atoms with E-state index in [1.807, 2.05) is 6.92 Å². The van der Waals surface area contributed by atoms with Crippen LogP contribution in [-0.2, 0) is 4.74 Å². The van der Waals surface area contributed by atoms with Crippen molar-refractivity contribution < 1.29 is 19.0 Å². The van der Waals surface area contributed by atoms with Crippen LogP contribution < -0.4 is 4.74 Å². The zero-order valence-electron chi connectivity index (χ0n) is 10.6. The second-order valence-corrected chi connectivity index (χ2v) is 3.81. The Labute approximate surface area is 107 Å². The normalized spacial score (nSPS) is 11.6. The van der Waals surface area contributed by atoms with E-state index in [-0.39, 0.29) is 18.5 Å². The summed E-state index contributed by atoms with van der Waals surface area (Å²) in [4.78, 5) is 0. The molecule has 0 heterocycles. The van der Waals surface area contributed by atoms with Gasteiger partial charge in [-0.25, -0.2) is 4.39 Å². The Hall–Kier alpha value is -1.57. The van der Waals surface area contributed by atoms with E-state index in [0.717, 1.165) is 6.42 Å². The molecule has 4 heteroatoms. The maximum atomic E-state index is 13.1. The minimum absolute atomic E-state index is 0.0508. The van der Waals surface area contributed by atoms with E-state index < -0.39 is 0 Å². The molecule has 0 saturated heterocycles. The molecule has 0 saturated carbocycles. The van der Waals surface area contributed by atoms with Crippen LogP contribution in [0.1, 0.15) is 18.9 Å². The molecule has 1 N–H and O–H groups in total. The van der Waals surface area contributed by atoms with Crippen LogP contribution in [0.4, 0.5) is 4.39 Å². The monoisotopic (exact) mass is 252 g/mol. The third-order valence-electron chi connectivity index (χ3n) is 2.30. The van der Waals surface area contributed by atoms with Crippen LogP contribution in [0, 0.1) is 17.7 Å². The Bertz CT molecular complexity index is 434. The molecule has 1 unspecified atom stereocenters. The molecule has 0 aliphatic carbocycles. The Morgan fingerprint density at radius 1 is 1.44 bits per heavy atom. The van der Waals surface area contributed by atoms with Crippen LogP contribution >= 0.6 is 0 Å². The van der Waals surface area contributed by atoms with Crippen LogP contribution in [0.5, 0.6) is 5.75 Å². The van der Waals surface area contributed by atoms with Crippen molar-refractivity contribution in [2.24, 2.45) is 0 Å². The smallest absolute Gasteiger partial charge is 0.135 e. The van der Waals surface area contributed by atoms with Crippen LogP contribution in [0.15, 0.2) is 18.2 Å². The Kier molecular flexibility index (Phi) is 6.20. The van der Waals surface area contributed by atoms with Crippen LogP contribution in [0.2, 0.25) is 0 Å². The highest BCUT2D eigenvalue weighted by Gasteiger charge is 2.08. The average Bonchev–Trinajstić information content (AvgIpc) is 2.36. The molecule has 1 rings (SSSR count). The van der Waals surface area contributed by atoms with E-state index in [1.54, 1.807) is 13.2 Å². The number of ether oxygens (including phenoxy) is 2. The van der Waals surface area contributed by atoms with Gasteiger partial charge in [-0.3, -0.25) is 0 Å². The van der Waals surface area contributed by atoms with Gasteiger partial charge in [-0.15, -0.1) is 0 Å². The predicted octanol–water partition coefficient (Wildman–Crippen LogP) is 1.97. The third-order valence-corrected chi connectivity index (χ3v) is 2.30. The minimum Gasteiger partial charge on any atom is -0.489 e. The lowest BCUT2D eigenvalue weighted by Gasteiger charge is -2.15. The van der Waals surface area contributed by atoms with E-state index in [4.69, 9.17) is 14.6 Å². The van der Waals surface area contributed by atoms with Crippen molar-refractivity contribution in [3.8, 4) is 17.6 Å². The van der Waals surface area contributed by atoms with Gasteiger partial charge in [-0.2, -0.15) is 0 Å². The van der Waals surface area contributed by atoms with E-state index in [9.17, 15) is 4.39 Å². The molecular formula is C14H17FO3. The summed E-state index contributed by atoms with van der Waals surface area (Å²) >= 11 is 0. The zero-order valence-corrected chi connectivity index (χ0v) is 10.6. The zero-order chi connectivity index (χ0) is 13.4. The van der Waals surface area contributed by atoms with Crippen molar-refractivity contribution >= 4 is 0 Å². The number of benzene rings is 1. The quantitative estimate of drug-likeness (QED) is 0.814. The van der Waals surface area contributed by atoms with Gasteiger partial charge in [0.05, 0.1) is 11.7 Å². The lowest BCUT2D eigenvalue weighted by Crippen LogP contribution is -2.14. The second-order valence-electron chi connectivity index (χ2n) is 3.81. The first-order valence-electron chi connectivity index (χ1n) is 5.72. The summed E-state index contributed by atoms with van der Waals surface area (Å²) in [6, 6.07) is 4.16. The van der Waals surface area contributed by atoms with E-state index in [2.05, 4.69) is 11.8 Å². The lowest BCUT2D eigenvalue weighted by atomic mass is 10.2. The fraction of sp³-hybridized carbons (Fsp3) is 0.429. The molecule has 0 aromatic heterocycles. The third kappa shape index (κ3) is 4.74. The van der Waals surface area contributed by atoms with Crippen molar-refractivity contribution in [1.29, 1.82) is 0 Å². The van der Waals surface area contributed by atoms with Crippen molar-refractivity contribution in [1.82, 2.24) is 0 Å². The number of methoxy groups -OCH3 is 1. The summed E-state index contributed by atoms with van der Waals surface area (Å²) in [5.41, 5.74) is 0.438. The van der Waals surface area contributed by atoms with Gasteiger partial charge in [-0.05, 0) is 25.1 Å². The Balaban J connectivity index is 2.80. The molecule has 1 aromatic carbocycles. The van der Waals surface area contributed by atoms with E-state index in [0.29, 0.717) is 17.9 Å². The molecule has 0 bridgehead atoms. The molecule has 0 spiro atoms. The van der Waals surface area contributed by atoms with E-state index in [1.165, 1.54) is 12.1 Å². The molecule has 0 amide bonds. The van der Waals surface area contributed by atoms with Gasteiger partial charge in [0.1, 0.15) is 18.2 Å². The van der Waals surface area contributed by atoms with Gasteiger partial charge in [0.25, 0.3) is 0 Å². The molecule has 18 heavy (non-hydrogen) atoms. The number of rotatable bonds is 5. The Morgan fingerprint density at radius 2 is 2.22 bits per heavy atom. The summed E-state index contributed by atoms with van der Waals surface area (Å²) in [7, 11) is 1.63. The van der Waals surface area contributed by atoms with Crippen molar-refractivity contribution in [2.45, 2.75) is 19.4 Å². The fourth-order valence-electron chi connectivity index (χ4n) is 1.40. The molecule has 1 aromatic rings. The molecule has 0 aliphatic heterocycles. The highest BCUT2D eigenvalue weighted by Crippen LogP contribution is 2.20. The van der Waals surface area contributed by atoms with E-state index >= 15 is 0 Å². The SMILES string of the molecule is COCCC(C)Oc1ccc(F)cc1C#CCO. The van der Waals surface area contributed by atoms with Gasteiger partial charge >= 0.3 is 0 Å².